The second-order valence-electron chi connectivity index (χ2n) is 8.67. The maximum atomic E-state index is 14.0. The third-order valence-electron chi connectivity index (χ3n) is 6.10. The number of pyridine rings is 2. The minimum absolute atomic E-state index is 0.0368. The third-order valence-corrected chi connectivity index (χ3v) is 6.10. The van der Waals surface area contributed by atoms with Crippen molar-refractivity contribution < 1.29 is 23.6 Å². The topological polar surface area (TPSA) is 105 Å². The molecule has 10 heteroatoms. The van der Waals surface area contributed by atoms with Crippen LogP contribution in [0, 0.1) is 11.6 Å². The predicted molar refractivity (Wildman–Crippen MR) is 127 cm³/mol. The first-order valence-electron chi connectivity index (χ1n) is 11.5. The highest BCUT2D eigenvalue weighted by Gasteiger charge is 2.24. The predicted octanol–water partition coefficient (Wildman–Crippen LogP) is 3.72. The quantitative estimate of drug-likeness (QED) is 0.371. The molecule has 2 aromatic heterocycles. The van der Waals surface area contributed by atoms with Gasteiger partial charge in [0.2, 0.25) is 0 Å². The van der Waals surface area contributed by atoms with Crippen LogP contribution in [0.5, 0.6) is 0 Å². The Morgan fingerprint density at radius 2 is 1.86 bits per heavy atom. The smallest absolute Gasteiger partial charge is 0.297 e. The lowest BCUT2D eigenvalue weighted by atomic mass is 10.0. The number of nitrogens with one attached hydrogen (secondary N) is 1. The van der Waals surface area contributed by atoms with E-state index in [0.717, 1.165) is 44.5 Å². The highest BCUT2D eigenvalue weighted by Crippen LogP contribution is 2.28. The van der Waals surface area contributed by atoms with Crippen molar-refractivity contribution in [3.63, 3.8) is 0 Å². The van der Waals surface area contributed by atoms with Crippen molar-refractivity contribution in [1.82, 2.24) is 9.71 Å². The molecule has 3 heterocycles. The monoisotopic (exact) mass is 484 g/mol. The number of nitrogens with zero attached hydrogens (tertiary/aromatic N) is 3. The molecule has 0 saturated carbocycles. The van der Waals surface area contributed by atoms with E-state index >= 15 is 0 Å². The minimum atomic E-state index is -0.989. The summed E-state index contributed by atoms with van der Waals surface area (Å²) in [5.74, 6) is -1.81. The van der Waals surface area contributed by atoms with Gasteiger partial charge in [-0.25, -0.2) is 13.8 Å². The standard InChI is InChI=1S/C25H26F2N4O4/c1-15(32)14-28-23-18-8-10-21(30-11-3-2-4-12-30)29-24(18)31(35)25(34)22(23)20(33)9-6-16-5-7-17(26)13-19(16)27/h5,7-8,10,13,28,35H,2-4,6,9,11-12,14H2,1H3. The summed E-state index contributed by atoms with van der Waals surface area (Å²) in [4.78, 5) is 44.4. The van der Waals surface area contributed by atoms with Gasteiger partial charge in [-0.1, -0.05) is 6.07 Å². The molecule has 1 saturated heterocycles. The number of halogens is 2. The van der Waals surface area contributed by atoms with Gasteiger partial charge in [0, 0.05) is 31.0 Å². The fourth-order valence-corrected chi connectivity index (χ4v) is 4.29. The van der Waals surface area contributed by atoms with Crippen molar-refractivity contribution in [3.8, 4) is 0 Å². The average Bonchev–Trinajstić information content (AvgIpc) is 2.84. The molecule has 8 nitrogen and oxygen atoms in total. The van der Waals surface area contributed by atoms with Gasteiger partial charge in [0.05, 0.1) is 12.2 Å². The number of anilines is 2. The molecule has 3 aromatic rings. The number of rotatable bonds is 8. The van der Waals surface area contributed by atoms with E-state index in [1.54, 1.807) is 12.1 Å². The number of aryl methyl sites for hydroxylation is 1. The van der Waals surface area contributed by atoms with Gasteiger partial charge in [-0.05, 0) is 56.4 Å². The molecule has 0 atom stereocenters. The molecule has 0 spiro atoms. The first-order valence-corrected chi connectivity index (χ1v) is 11.5. The molecule has 2 N–H and O–H groups in total. The summed E-state index contributed by atoms with van der Waals surface area (Å²) in [5.41, 5.74) is -1.17. The maximum Gasteiger partial charge on any atom is 0.297 e. The van der Waals surface area contributed by atoms with Crippen molar-refractivity contribution in [3.05, 3.63) is 63.4 Å². The van der Waals surface area contributed by atoms with Gasteiger partial charge in [0.15, 0.2) is 11.4 Å². The van der Waals surface area contributed by atoms with E-state index in [1.807, 2.05) is 0 Å². The van der Waals surface area contributed by atoms with Crippen LogP contribution in [0.2, 0.25) is 0 Å². The van der Waals surface area contributed by atoms with Gasteiger partial charge in [-0.15, -0.1) is 4.73 Å². The fraction of sp³-hybridized carbons (Fsp3) is 0.360. The summed E-state index contributed by atoms with van der Waals surface area (Å²) >= 11 is 0. The molecule has 1 aliphatic rings. The molecule has 184 valence electrons. The van der Waals surface area contributed by atoms with Gasteiger partial charge >= 0.3 is 0 Å². The number of fused-ring (bicyclic) bond motifs is 1. The molecule has 35 heavy (non-hydrogen) atoms. The number of carbonyl (C=O) groups excluding carboxylic acids is 2. The Balaban J connectivity index is 1.75. The number of Topliss-reactive ketones (excluding diaryl/α,β-unsaturated/α-hetero) is 2. The Kier molecular flexibility index (Phi) is 7.09. The number of carbonyl (C=O) groups is 2. The molecule has 0 amide bonds. The number of hydrogen-bond donors (Lipinski definition) is 2. The Bertz CT molecular complexity index is 1350. The highest BCUT2D eigenvalue weighted by atomic mass is 19.1. The lowest BCUT2D eigenvalue weighted by molar-refractivity contribution is -0.115. The van der Waals surface area contributed by atoms with Gasteiger partial charge in [-0.3, -0.25) is 14.4 Å². The maximum absolute atomic E-state index is 14.0. The fourth-order valence-electron chi connectivity index (χ4n) is 4.29. The summed E-state index contributed by atoms with van der Waals surface area (Å²) in [7, 11) is 0. The molecule has 0 aliphatic carbocycles. The summed E-state index contributed by atoms with van der Waals surface area (Å²) in [6, 6.07) is 6.45. The van der Waals surface area contributed by atoms with E-state index in [2.05, 4.69) is 15.2 Å². The average molecular weight is 485 g/mol. The summed E-state index contributed by atoms with van der Waals surface area (Å²) in [6.07, 6.45) is 2.81. The lowest BCUT2D eigenvalue weighted by Crippen LogP contribution is -2.31. The van der Waals surface area contributed by atoms with Crippen LogP contribution < -0.4 is 15.8 Å². The molecular formula is C25H26F2N4O4. The Morgan fingerprint density at radius 3 is 2.54 bits per heavy atom. The number of benzene rings is 1. The van der Waals surface area contributed by atoms with Crippen LogP contribution in [-0.2, 0) is 11.2 Å². The van der Waals surface area contributed by atoms with E-state index in [1.165, 1.54) is 13.0 Å². The SMILES string of the molecule is CC(=O)CNc1c(C(=O)CCc2ccc(F)cc2F)c(=O)n(O)c2nc(N3CCCCC3)ccc12. The molecule has 1 aromatic carbocycles. The molecule has 0 bridgehead atoms. The van der Waals surface area contributed by atoms with Gasteiger partial charge in [0.1, 0.15) is 28.8 Å². The number of aromatic nitrogens is 2. The third kappa shape index (κ3) is 5.16. The van der Waals surface area contributed by atoms with Crippen LogP contribution in [0.1, 0.15) is 48.5 Å². The van der Waals surface area contributed by atoms with E-state index in [4.69, 9.17) is 0 Å². The van der Waals surface area contributed by atoms with E-state index in [0.29, 0.717) is 15.9 Å². The largest absolute Gasteiger partial charge is 0.423 e. The second kappa shape index (κ2) is 10.2. The highest BCUT2D eigenvalue weighted by molar-refractivity contribution is 6.08. The Labute approximate surface area is 200 Å². The summed E-state index contributed by atoms with van der Waals surface area (Å²) in [5, 5.41) is 13.8. The zero-order valence-electron chi connectivity index (χ0n) is 19.3. The number of ketones is 2. The normalized spacial score (nSPS) is 13.7. The minimum Gasteiger partial charge on any atom is -0.423 e. The van der Waals surface area contributed by atoms with Crippen molar-refractivity contribution in [2.75, 3.05) is 29.9 Å². The van der Waals surface area contributed by atoms with Crippen LogP contribution in [0.15, 0.2) is 35.1 Å². The molecule has 4 rings (SSSR count). The Hall–Kier alpha value is -3.82. The molecule has 0 radical (unpaired) electrons. The zero-order chi connectivity index (χ0) is 25.1. The number of piperidine rings is 1. The van der Waals surface area contributed by atoms with Crippen LogP contribution in [0.3, 0.4) is 0 Å². The molecule has 1 aliphatic heterocycles. The van der Waals surface area contributed by atoms with Gasteiger partial charge in [-0.2, -0.15) is 0 Å². The van der Waals surface area contributed by atoms with Crippen LogP contribution in [0.25, 0.3) is 11.0 Å². The zero-order valence-corrected chi connectivity index (χ0v) is 19.3. The molecule has 1 fully saturated rings. The lowest BCUT2D eigenvalue weighted by Gasteiger charge is -2.28. The summed E-state index contributed by atoms with van der Waals surface area (Å²) in [6.45, 7) is 2.82. The summed E-state index contributed by atoms with van der Waals surface area (Å²) < 4.78 is 27.5. The number of hydrogen-bond acceptors (Lipinski definition) is 7. The van der Waals surface area contributed by atoms with E-state index in [9.17, 15) is 28.4 Å². The van der Waals surface area contributed by atoms with Crippen LogP contribution >= 0.6 is 0 Å². The van der Waals surface area contributed by atoms with Crippen molar-refractivity contribution in [1.29, 1.82) is 0 Å². The molecule has 0 unspecified atom stereocenters. The second-order valence-corrected chi connectivity index (χ2v) is 8.67. The van der Waals surface area contributed by atoms with E-state index in [-0.39, 0.29) is 47.6 Å². The molecular weight excluding hydrogens is 458 g/mol. The van der Waals surface area contributed by atoms with Crippen molar-refractivity contribution in [2.24, 2.45) is 0 Å². The van der Waals surface area contributed by atoms with Gasteiger partial charge < -0.3 is 15.4 Å². The van der Waals surface area contributed by atoms with Crippen molar-refractivity contribution >= 4 is 34.1 Å². The van der Waals surface area contributed by atoms with Crippen molar-refractivity contribution in [2.45, 2.75) is 39.0 Å². The first kappa shape index (κ1) is 24.3. The van der Waals surface area contributed by atoms with E-state index < -0.39 is 23.0 Å². The van der Waals surface area contributed by atoms with Crippen LogP contribution in [0.4, 0.5) is 20.3 Å². The van der Waals surface area contributed by atoms with Crippen LogP contribution in [-0.4, -0.2) is 46.1 Å². The van der Waals surface area contributed by atoms with Gasteiger partial charge in [0.25, 0.3) is 5.56 Å². The Morgan fingerprint density at radius 1 is 1.11 bits per heavy atom. The first-order chi connectivity index (χ1) is 16.8.